The highest BCUT2D eigenvalue weighted by Gasteiger charge is 2.37. The van der Waals surface area contributed by atoms with Crippen LogP contribution in [0.1, 0.15) is 31.4 Å². The van der Waals surface area contributed by atoms with Crippen LogP contribution < -0.4 is 16.0 Å². The summed E-state index contributed by atoms with van der Waals surface area (Å²) >= 11 is 0. The van der Waals surface area contributed by atoms with E-state index in [1.54, 1.807) is 12.1 Å². The van der Waals surface area contributed by atoms with Crippen LogP contribution in [-0.4, -0.2) is 42.5 Å². The quantitative estimate of drug-likeness (QED) is 0.781. The molecule has 1 aromatic carbocycles. The molecule has 2 saturated heterocycles. The summed E-state index contributed by atoms with van der Waals surface area (Å²) in [6.07, 6.45) is 0.566. The standard InChI is InChI=1S/C16H21FN4O3/c1-10(11-3-2-4-12(17)9-11)18-14-19-15(22)21(16(23)20-14)13-5-7-24-8-6-13/h2-4,9-10,13-14,18H,5-8H2,1H3,(H,19,22)(H,20,23)/t10-/m0/s1. The van der Waals surface area contributed by atoms with Gasteiger partial charge in [-0.3, -0.25) is 5.32 Å². The van der Waals surface area contributed by atoms with Gasteiger partial charge in [0.2, 0.25) is 0 Å². The van der Waals surface area contributed by atoms with Gasteiger partial charge in [0.05, 0.1) is 0 Å². The van der Waals surface area contributed by atoms with Crippen molar-refractivity contribution in [3.8, 4) is 0 Å². The number of rotatable bonds is 4. The molecule has 0 saturated carbocycles. The van der Waals surface area contributed by atoms with E-state index in [0.717, 1.165) is 5.56 Å². The van der Waals surface area contributed by atoms with Gasteiger partial charge in [-0.2, -0.15) is 0 Å². The smallest absolute Gasteiger partial charge is 0.328 e. The molecule has 0 spiro atoms. The highest BCUT2D eigenvalue weighted by Crippen LogP contribution is 2.18. The number of carbonyl (C=O) groups is 2. The zero-order chi connectivity index (χ0) is 17.1. The Balaban J connectivity index is 1.61. The Morgan fingerprint density at radius 3 is 2.54 bits per heavy atom. The van der Waals surface area contributed by atoms with Crippen LogP contribution in [0.5, 0.6) is 0 Å². The van der Waals surface area contributed by atoms with E-state index in [2.05, 4.69) is 16.0 Å². The van der Waals surface area contributed by atoms with Crippen LogP contribution in [0.4, 0.5) is 14.0 Å². The van der Waals surface area contributed by atoms with Crippen LogP contribution in [0, 0.1) is 5.82 Å². The number of urea groups is 2. The van der Waals surface area contributed by atoms with E-state index in [9.17, 15) is 14.0 Å². The molecular weight excluding hydrogens is 315 g/mol. The van der Waals surface area contributed by atoms with Crippen molar-refractivity contribution in [2.24, 2.45) is 0 Å². The molecule has 2 fully saturated rings. The van der Waals surface area contributed by atoms with E-state index < -0.39 is 18.4 Å². The number of nitrogens with one attached hydrogen (secondary N) is 3. The van der Waals surface area contributed by atoms with Crippen molar-refractivity contribution in [3.63, 3.8) is 0 Å². The van der Waals surface area contributed by atoms with Gasteiger partial charge in [-0.1, -0.05) is 12.1 Å². The van der Waals surface area contributed by atoms with Crippen LogP contribution in [0.25, 0.3) is 0 Å². The third-order valence-electron chi connectivity index (χ3n) is 4.29. The number of hydrogen-bond acceptors (Lipinski definition) is 4. The lowest BCUT2D eigenvalue weighted by atomic mass is 10.1. The lowest BCUT2D eigenvalue weighted by Gasteiger charge is -2.39. The van der Waals surface area contributed by atoms with Crippen molar-refractivity contribution in [1.29, 1.82) is 0 Å². The predicted octanol–water partition coefficient (Wildman–Crippen LogP) is 1.67. The monoisotopic (exact) mass is 336 g/mol. The van der Waals surface area contributed by atoms with E-state index in [1.165, 1.54) is 17.0 Å². The first kappa shape index (κ1) is 16.7. The number of hydrogen-bond donors (Lipinski definition) is 3. The number of imide groups is 1. The first-order chi connectivity index (χ1) is 11.5. The zero-order valence-electron chi connectivity index (χ0n) is 13.4. The Morgan fingerprint density at radius 1 is 1.25 bits per heavy atom. The van der Waals surface area contributed by atoms with Crippen molar-refractivity contribution in [1.82, 2.24) is 20.9 Å². The topological polar surface area (TPSA) is 82.7 Å². The van der Waals surface area contributed by atoms with Gasteiger partial charge in [0, 0.05) is 25.3 Å². The summed E-state index contributed by atoms with van der Waals surface area (Å²) in [5.41, 5.74) is 0.727. The molecule has 8 heteroatoms. The molecule has 0 radical (unpaired) electrons. The van der Waals surface area contributed by atoms with E-state index in [1.807, 2.05) is 6.92 Å². The lowest BCUT2D eigenvalue weighted by Crippen LogP contribution is -2.70. The van der Waals surface area contributed by atoms with E-state index in [0.29, 0.717) is 26.1 Å². The molecule has 0 aliphatic carbocycles. The molecule has 0 aromatic heterocycles. The number of halogens is 1. The number of benzene rings is 1. The number of carbonyl (C=O) groups excluding carboxylic acids is 2. The van der Waals surface area contributed by atoms with Crippen molar-refractivity contribution in [2.75, 3.05) is 13.2 Å². The van der Waals surface area contributed by atoms with Crippen molar-refractivity contribution >= 4 is 12.1 Å². The summed E-state index contributed by atoms with van der Waals surface area (Å²) < 4.78 is 18.6. The van der Waals surface area contributed by atoms with Crippen LogP contribution in [0.15, 0.2) is 24.3 Å². The molecule has 2 heterocycles. The summed E-state index contributed by atoms with van der Waals surface area (Å²) in [6.45, 7) is 2.91. The largest absolute Gasteiger partial charge is 0.381 e. The molecule has 3 N–H and O–H groups in total. The number of amides is 4. The maximum atomic E-state index is 13.3. The van der Waals surface area contributed by atoms with Crippen LogP contribution in [0.3, 0.4) is 0 Å². The van der Waals surface area contributed by atoms with Crippen LogP contribution in [0.2, 0.25) is 0 Å². The third kappa shape index (κ3) is 3.65. The van der Waals surface area contributed by atoms with Crippen molar-refractivity contribution in [2.45, 2.75) is 38.1 Å². The fraction of sp³-hybridized carbons (Fsp3) is 0.500. The summed E-state index contributed by atoms with van der Waals surface area (Å²) in [4.78, 5) is 25.8. The first-order valence-electron chi connectivity index (χ1n) is 8.04. The molecule has 1 atom stereocenters. The Kier molecular flexibility index (Phi) is 4.96. The van der Waals surface area contributed by atoms with E-state index >= 15 is 0 Å². The highest BCUT2D eigenvalue weighted by atomic mass is 19.1. The van der Waals surface area contributed by atoms with Gasteiger partial charge in [0.25, 0.3) is 0 Å². The van der Waals surface area contributed by atoms with Gasteiger partial charge < -0.3 is 15.4 Å². The molecular formula is C16H21FN4O3. The Bertz CT molecular complexity index is 603. The summed E-state index contributed by atoms with van der Waals surface area (Å²) in [7, 11) is 0. The summed E-state index contributed by atoms with van der Waals surface area (Å²) in [5.74, 6) is -0.330. The molecule has 3 rings (SSSR count). The third-order valence-corrected chi connectivity index (χ3v) is 4.29. The zero-order valence-corrected chi connectivity index (χ0v) is 13.4. The fourth-order valence-corrected chi connectivity index (χ4v) is 2.99. The Labute approximate surface area is 139 Å². The van der Waals surface area contributed by atoms with Gasteiger partial charge in [-0.15, -0.1) is 0 Å². The van der Waals surface area contributed by atoms with Crippen LogP contribution in [-0.2, 0) is 4.74 Å². The lowest BCUT2D eigenvalue weighted by molar-refractivity contribution is 0.0492. The van der Waals surface area contributed by atoms with Gasteiger partial charge in [0.15, 0.2) is 6.29 Å². The second-order valence-electron chi connectivity index (χ2n) is 5.99. The Hall–Kier alpha value is -2.19. The van der Waals surface area contributed by atoms with Gasteiger partial charge >= 0.3 is 12.1 Å². The highest BCUT2D eigenvalue weighted by molar-refractivity contribution is 5.96. The molecule has 4 amide bonds. The second-order valence-corrected chi connectivity index (χ2v) is 5.99. The molecule has 0 bridgehead atoms. The molecule has 2 aliphatic rings. The van der Waals surface area contributed by atoms with E-state index in [-0.39, 0.29) is 17.9 Å². The molecule has 2 aliphatic heterocycles. The fourth-order valence-electron chi connectivity index (χ4n) is 2.99. The molecule has 1 aromatic rings. The average Bonchev–Trinajstić information content (AvgIpc) is 2.55. The average molecular weight is 336 g/mol. The SMILES string of the molecule is C[C@H](NC1NC(=O)N(C2CCOCC2)C(=O)N1)c1cccc(F)c1. The minimum atomic E-state index is -0.709. The van der Waals surface area contributed by atoms with Crippen molar-refractivity contribution in [3.05, 3.63) is 35.6 Å². The molecule has 7 nitrogen and oxygen atoms in total. The molecule has 24 heavy (non-hydrogen) atoms. The summed E-state index contributed by atoms with van der Waals surface area (Å²) in [6, 6.07) is 4.91. The maximum Gasteiger partial charge on any atom is 0.328 e. The second kappa shape index (κ2) is 7.14. The first-order valence-corrected chi connectivity index (χ1v) is 8.04. The Morgan fingerprint density at radius 2 is 1.92 bits per heavy atom. The molecule has 130 valence electrons. The van der Waals surface area contributed by atoms with E-state index in [4.69, 9.17) is 4.74 Å². The maximum absolute atomic E-state index is 13.3. The normalized spacial score (nSPS) is 21.3. The minimum absolute atomic E-state index is 0.152. The van der Waals surface area contributed by atoms with Gasteiger partial charge in [0.1, 0.15) is 5.82 Å². The predicted molar refractivity (Wildman–Crippen MR) is 84.5 cm³/mol. The number of nitrogens with zero attached hydrogens (tertiary/aromatic N) is 1. The van der Waals surface area contributed by atoms with Crippen molar-refractivity contribution < 1.29 is 18.7 Å². The van der Waals surface area contributed by atoms with Gasteiger partial charge in [-0.05, 0) is 37.5 Å². The minimum Gasteiger partial charge on any atom is -0.381 e. The van der Waals surface area contributed by atoms with Crippen LogP contribution >= 0.6 is 0 Å². The number of ether oxygens (including phenoxy) is 1. The summed E-state index contributed by atoms with van der Waals surface area (Å²) in [5, 5.41) is 8.50. The molecule has 0 unspecified atom stereocenters. The van der Waals surface area contributed by atoms with Gasteiger partial charge in [-0.25, -0.2) is 18.9 Å².